The maximum Gasteiger partial charge on any atom is 0.243 e. The zero-order valence-electron chi connectivity index (χ0n) is 17.6. The van der Waals surface area contributed by atoms with Gasteiger partial charge in [-0.15, -0.1) is 0 Å². The van der Waals surface area contributed by atoms with Crippen LogP contribution < -0.4 is 14.8 Å². The fourth-order valence-electron chi connectivity index (χ4n) is 3.43. The highest BCUT2D eigenvalue weighted by atomic mass is 32.2. The van der Waals surface area contributed by atoms with Gasteiger partial charge >= 0.3 is 0 Å². The van der Waals surface area contributed by atoms with Gasteiger partial charge in [0.05, 0.1) is 24.0 Å². The third kappa shape index (κ3) is 5.95. The van der Waals surface area contributed by atoms with Gasteiger partial charge in [0.1, 0.15) is 23.9 Å². The number of benzene rings is 2. The summed E-state index contributed by atoms with van der Waals surface area (Å²) in [6, 6.07) is 11.6. The van der Waals surface area contributed by atoms with Crippen LogP contribution in [-0.2, 0) is 14.8 Å². The van der Waals surface area contributed by atoms with Crippen molar-refractivity contribution in [2.45, 2.75) is 30.7 Å². The van der Waals surface area contributed by atoms with Gasteiger partial charge in [0.25, 0.3) is 0 Å². The van der Waals surface area contributed by atoms with Gasteiger partial charge in [-0.1, -0.05) is 0 Å². The van der Waals surface area contributed by atoms with E-state index in [2.05, 4.69) is 5.32 Å². The molecule has 0 unspecified atom stereocenters. The molecule has 1 saturated heterocycles. The molecule has 0 aromatic heterocycles. The molecule has 2 aromatic rings. The topological polar surface area (TPSA) is 84.9 Å². The Morgan fingerprint density at radius 1 is 1.16 bits per heavy atom. The maximum absolute atomic E-state index is 13.1. The van der Waals surface area contributed by atoms with Crippen molar-refractivity contribution in [3.05, 3.63) is 54.3 Å². The minimum absolute atomic E-state index is 0.0243. The number of methoxy groups -OCH3 is 1. The van der Waals surface area contributed by atoms with E-state index in [1.54, 1.807) is 31.4 Å². The normalized spacial score (nSPS) is 18.2. The van der Waals surface area contributed by atoms with Crippen LogP contribution in [0.2, 0.25) is 0 Å². The summed E-state index contributed by atoms with van der Waals surface area (Å²) in [4.78, 5) is 12.7. The lowest BCUT2D eigenvalue weighted by molar-refractivity contribution is -0.126. The standard InChI is InChI=1S/C22H27FN2O5S/c1-16(15-30-20-9-7-19(29-2)8-10-20)24-22(26)17-4-3-13-25(14-17)31(27,28)21-11-5-18(23)6-12-21/h5-12,16-17H,3-4,13-15H2,1-2H3,(H,24,26)/t16-,17-/m1/s1. The maximum atomic E-state index is 13.1. The number of nitrogens with zero attached hydrogens (tertiary/aromatic N) is 1. The summed E-state index contributed by atoms with van der Waals surface area (Å²) in [5.41, 5.74) is 0. The van der Waals surface area contributed by atoms with Crippen LogP contribution in [0.1, 0.15) is 19.8 Å². The second-order valence-electron chi connectivity index (χ2n) is 7.55. The number of hydrogen-bond donors (Lipinski definition) is 1. The molecule has 1 N–H and O–H groups in total. The number of carbonyl (C=O) groups excluding carboxylic acids is 1. The first kappa shape index (κ1) is 23.0. The Balaban J connectivity index is 1.54. The van der Waals surface area contributed by atoms with Crippen LogP contribution in [0.4, 0.5) is 4.39 Å². The van der Waals surface area contributed by atoms with E-state index in [1.165, 1.54) is 16.4 Å². The quantitative estimate of drug-likeness (QED) is 0.669. The number of ether oxygens (including phenoxy) is 2. The largest absolute Gasteiger partial charge is 0.497 e. The Hall–Kier alpha value is -2.65. The predicted molar refractivity (Wildman–Crippen MR) is 114 cm³/mol. The molecule has 168 valence electrons. The minimum atomic E-state index is -3.77. The van der Waals surface area contributed by atoms with Crippen LogP contribution in [0.5, 0.6) is 11.5 Å². The highest BCUT2D eigenvalue weighted by Gasteiger charge is 2.33. The number of carbonyl (C=O) groups is 1. The molecule has 1 heterocycles. The van der Waals surface area contributed by atoms with Crippen LogP contribution in [-0.4, -0.2) is 51.5 Å². The molecule has 7 nitrogen and oxygen atoms in total. The average molecular weight is 451 g/mol. The van der Waals surface area contributed by atoms with Crippen molar-refractivity contribution in [2.75, 3.05) is 26.8 Å². The fraction of sp³-hybridized carbons (Fsp3) is 0.409. The summed E-state index contributed by atoms with van der Waals surface area (Å²) in [7, 11) is -2.19. The molecule has 1 aliphatic rings. The van der Waals surface area contributed by atoms with Crippen molar-refractivity contribution in [1.29, 1.82) is 0 Å². The first-order chi connectivity index (χ1) is 14.8. The zero-order chi connectivity index (χ0) is 22.4. The van der Waals surface area contributed by atoms with Crippen molar-refractivity contribution in [1.82, 2.24) is 9.62 Å². The third-order valence-corrected chi connectivity index (χ3v) is 7.03. The first-order valence-corrected chi connectivity index (χ1v) is 11.6. The van der Waals surface area contributed by atoms with Crippen LogP contribution in [0.25, 0.3) is 0 Å². The van der Waals surface area contributed by atoms with E-state index < -0.39 is 21.8 Å². The zero-order valence-corrected chi connectivity index (χ0v) is 18.4. The Labute approximate surface area is 182 Å². The van der Waals surface area contributed by atoms with E-state index >= 15 is 0 Å². The van der Waals surface area contributed by atoms with E-state index in [-0.39, 0.29) is 30.0 Å². The Morgan fingerprint density at radius 3 is 2.45 bits per heavy atom. The number of halogens is 1. The fourth-order valence-corrected chi connectivity index (χ4v) is 4.95. The van der Waals surface area contributed by atoms with E-state index in [9.17, 15) is 17.6 Å². The highest BCUT2D eigenvalue weighted by molar-refractivity contribution is 7.89. The second-order valence-corrected chi connectivity index (χ2v) is 9.49. The van der Waals surface area contributed by atoms with E-state index in [0.29, 0.717) is 25.1 Å². The second kappa shape index (κ2) is 10.1. The molecule has 1 amide bonds. The number of rotatable bonds is 8. The molecule has 2 atom stereocenters. The van der Waals surface area contributed by atoms with Gasteiger partial charge in [0, 0.05) is 13.1 Å². The Morgan fingerprint density at radius 2 is 1.81 bits per heavy atom. The Kier molecular flexibility index (Phi) is 7.50. The number of nitrogens with one attached hydrogen (secondary N) is 1. The molecule has 2 aromatic carbocycles. The molecule has 3 rings (SSSR count). The molecular weight excluding hydrogens is 423 g/mol. The van der Waals surface area contributed by atoms with Gasteiger partial charge in [-0.3, -0.25) is 4.79 Å². The van der Waals surface area contributed by atoms with Crippen LogP contribution in [0.3, 0.4) is 0 Å². The number of piperidine rings is 1. The Bertz CT molecular complexity index is 980. The van der Waals surface area contributed by atoms with Gasteiger partial charge < -0.3 is 14.8 Å². The van der Waals surface area contributed by atoms with Gasteiger partial charge in [0.2, 0.25) is 15.9 Å². The van der Waals surface area contributed by atoms with Gasteiger partial charge in [0.15, 0.2) is 0 Å². The van der Waals surface area contributed by atoms with Gasteiger partial charge in [-0.25, -0.2) is 12.8 Å². The van der Waals surface area contributed by atoms with Crippen molar-refractivity contribution >= 4 is 15.9 Å². The van der Waals surface area contributed by atoms with Crippen molar-refractivity contribution in [2.24, 2.45) is 5.92 Å². The molecule has 0 aliphatic carbocycles. The van der Waals surface area contributed by atoms with Crippen molar-refractivity contribution in [3.8, 4) is 11.5 Å². The number of sulfonamides is 1. The van der Waals surface area contributed by atoms with Crippen molar-refractivity contribution in [3.63, 3.8) is 0 Å². The number of hydrogen-bond acceptors (Lipinski definition) is 5. The van der Waals surface area contributed by atoms with Crippen LogP contribution in [0, 0.1) is 11.7 Å². The van der Waals surface area contributed by atoms with E-state index in [4.69, 9.17) is 9.47 Å². The van der Waals surface area contributed by atoms with Crippen LogP contribution in [0.15, 0.2) is 53.4 Å². The summed E-state index contributed by atoms with van der Waals surface area (Å²) in [6.45, 7) is 2.54. The SMILES string of the molecule is COc1ccc(OC[C@@H](C)NC(=O)[C@@H]2CCCN(S(=O)(=O)c3ccc(F)cc3)C2)cc1. The molecule has 0 bridgehead atoms. The molecule has 1 fully saturated rings. The molecule has 0 radical (unpaired) electrons. The summed E-state index contributed by atoms with van der Waals surface area (Å²) in [5.74, 6) is 0.236. The van der Waals surface area contributed by atoms with E-state index in [0.717, 1.165) is 17.9 Å². The molecule has 1 aliphatic heterocycles. The molecule has 0 spiro atoms. The molecule has 31 heavy (non-hydrogen) atoms. The first-order valence-electron chi connectivity index (χ1n) is 10.1. The van der Waals surface area contributed by atoms with Crippen LogP contribution >= 0.6 is 0 Å². The lowest BCUT2D eigenvalue weighted by atomic mass is 9.98. The smallest absolute Gasteiger partial charge is 0.243 e. The lowest BCUT2D eigenvalue weighted by Gasteiger charge is -2.31. The molecular formula is C22H27FN2O5S. The van der Waals surface area contributed by atoms with E-state index in [1.807, 2.05) is 6.92 Å². The summed E-state index contributed by atoms with van der Waals surface area (Å²) in [5, 5.41) is 2.90. The number of amides is 1. The molecule has 9 heteroatoms. The minimum Gasteiger partial charge on any atom is -0.497 e. The summed E-state index contributed by atoms with van der Waals surface area (Å²) >= 11 is 0. The van der Waals surface area contributed by atoms with Gasteiger partial charge in [-0.05, 0) is 68.3 Å². The van der Waals surface area contributed by atoms with Gasteiger partial charge in [-0.2, -0.15) is 4.31 Å². The third-order valence-electron chi connectivity index (χ3n) is 5.15. The predicted octanol–water partition coefficient (Wildman–Crippen LogP) is 2.82. The highest BCUT2D eigenvalue weighted by Crippen LogP contribution is 2.24. The molecule has 0 saturated carbocycles. The average Bonchev–Trinajstić information content (AvgIpc) is 2.78. The summed E-state index contributed by atoms with van der Waals surface area (Å²) in [6.07, 6.45) is 1.18. The van der Waals surface area contributed by atoms with Crippen molar-refractivity contribution < 1.29 is 27.1 Å². The lowest BCUT2D eigenvalue weighted by Crippen LogP contribution is -2.48. The summed E-state index contributed by atoms with van der Waals surface area (Å²) < 4.78 is 50.9. The monoisotopic (exact) mass is 450 g/mol.